The lowest BCUT2D eigenvalue weighted by Gasteiger charge is -2.24. The van der Waals surface area contributed by atoms with E-state index in [4.69, 9.17) is 0 Å². The van der Waals surface area contributed by atoms with Gasteiger partial charge in [0.15, 0.2) is 0 Å². The molecule has 2 amide bonds. The van der Waals surface area contributed by atoms with Crippen LogP contribution in [0.25, 0.3) is 0 Å². The molecule has 0 heterocycles. The first kappa shape index (κ1) is 21.8. The predicted molar refractivity (Wildman–Crippen MR) is 106 cm³/mol. The number of carbonyl (C=O) groups is 2. The average Bonchev–Trinajstić information content (AvgIpc) is 2.65. The normalized spacial score (nSPS) is 11.8. The molecule has 1 atom stereocenters. The monoisotopic (exact) mass is 385 g/mol. The molecule has 1 aromatic rings. The summed E-state index contributed by atoms with van der Waals surface area (Å²) in [5.41, 5.74) is 1.77. The lowest BCUT2D eigenvalue weighted by molar-refractivity contribution is -0.118. The number of hydrogen-bond donors (Lipinski definition) is 5. The van der Waals surface area contributed by atoms with Crippen LogP contribution in [0.4, 0.5) is 0 Å². The standard InChI is InChI=1S/C17H27N3O3S2/c1-2-13-3-5-14(6-4-13)17(23)20(9-7-18-15(21)11-24)10-8-19-16(22)12-25/h3-6,15,18,21,24-25H,2,7-12H2,1H3,(H,19,22). The summed E-state index contributed by atoms with van der Waals surface area (Å²) in [7, 11) is 0. The van der Waals surface area contributed by atoms with Crippen molar-refractivity contribution in [2.45, 2.75) is 19.6 Å². The van der Waals surface area contributed by atoms with Crippen LogP contribution in [-0.2, 0) is 11.2 Å². The first-order chi connectivity index (χ1) is 12.0. The van der Waals surface area contributed by atoms with Gasteiger partial charge < -0.3 is 15.3 Å². The quantitative estimate of drug-likeness (QED) is 0.285. The molecule has 0 aliphatic rings. The lowest BCUT2D eigenvalue weighted by Crippen LogP contribution is -2.44. The van der Waals surface area contributed by atoms with Gasteiger partial charge in [-0.1, -0.05) is 19.1 Å². The Morgan fingerprint density at radius 1 is 1.16 bits per heavy atom. The van der Waals surface area contributed by atoms with Crippen LogP contribution < -0.4 is 10.6 Å². The lowest BCUT2D eigenvalue weighted by atomic mass is 10.1. The second-order valence-electron chi connectivity index (χ2n) is 5.50. The molecular formula is C17H27N3O3S2. The van der Waals surface area contributed by atoms with Crippen LogP contribution in [0, 0.1) is 0 Å². The summed E-state index contributed by atoms with van der Waals surface area (Å²) in [4.78, 5) is 25.7. The molecule has 1 rings (SSSR count). The first-order valence-electron chi connectivity index (χ1n) is 8.29. The Morgan fingerprint density at radius 2 is 1.80 bits per heavy atom. The second kappa shape index (κ2) is 12.2. The number of thiol groups is 2. The number of hydrogen-bond acceptors (Lipinski definition) is 6. The Morgan fingerprint density at radius 3 is 2.36 bits per heavy atom. The van der Waals surface area contributed by atoms with E-state index in [-0.39, 0.29) is 17.6 Å². The molecule has 0 aliphatic heterocycles. The zero-order valence-electron chi connectivity index (χ0n) is 14.4. The summed E-state index contributed by atoms with van der Waals surface area (Å²) in [6, 6.07) is 7.51. The molecular weight excluding hydrogens is 358 g/mol. The van der Waals surface area contributed by atoms with Crippen molar-refractivity contribution >= 4 is 37.1 Å². The Bertz CT molecular complexity index is 540. The van der Waals surface area contributed by atoms with Gasteiger partial charge in [-0.25, -0.2) is 0 Å². The largest absolute Gasteiger partial charge is 0.378 e. The number of amides is 2. The zero-order valence-corrected chi connectivity index (χ0v) is 16.2. The van der Waals surface area contributed by atoms with Gasteiger partial charge in [0.2, 0.25) is 5.91 Å². The number of rotatable bonds is 11. The molecule has 0 bridgehead atoms. The van der Waals surface area contributed by atoms with Crippen LogP contribution in [0.15, 0.2) is 24.3 Å². The molecule has 25 heavy (non-hydrogen) atoms. The fraction of sp³-hybridized carbons (Fsp3) is 0.529. The van der Waals surface area contributed by atoms with Gasteiger partial charge in [-0.15, -0.1) is 0 Å². The topological polar surface area (TPSA) is 81.7 Å². The Labute approximate surface area is 160 Å². The van der Waals surface area contributed by atoms with Crippen LogP contribution in [0.5, 0.6) is 0 Å². The summed E-state index contributed by atoms with van der Waals surface area (Å²) in [6.45, 7) is 3.64. The van der Waals surface area contributed by atoms with E-state index in [1.807, 2.05) is 24.3 Å². The highest BCUT2D eigenvalue weighted by Gasteiger charge is 2.16. The SMILES string of the molecule is CCc1ccc(C(=O)N(CCNC(=O)CS)CCNC(O)CS)cc1. The summed E-state index contributed by atoms with van der Waals surface area (Å²) in [6.07, 6.45) is 0.201. The molecule has 0 aliphatic carbocycles. The molecule has 8 heteroatoms. The third-order valence-corrected chi connectivity index (χ3v) is 4.31. The molecule has 6 nitrogen and oxygen atoms in total. The number of nitrogens with one attached hydrogen (secondary N) is 2. The summed E-state index contributed by atoms with van der Waals surface area (Å²) in [5.74, 6) is 0.128. The maximum atomic E-state index is 12.7. The van der Waals surface area contributed by atoms with Crippen molar-refractivity contribution in [3.05, 3.63) is 35.4 Å². The fourth-order valence-corrected chi connectivity index (χ4v) is 2.44. The summed E-state index contributed by atoms with van der Waals surface area (Å²) >= 11 is 7.91. The smallest absolute Gasteiger partial charge is 0.253 e. The van der Waals surface area contributed by atoms with Crippen LogP contribution >= 0.6 is 25.3 Å². The minimum atomic E-state index is -0.715. The molecule has 1 unspecified atom stereocenters. The van der Waals surface area contributed by atoms with Gasteiger partial charge >= 0.3 is 0 Å². The van der Waals surface area contributed by atoms with Gasteiger partial charge in [0.25, 0.3) is 5.91 Å². The van der Waals surface area contributed by atoms with Gasteiger partial charge in [-0.2, -0.15) is 25.3 Å². The van der Waals surface area contributed by atoms with E-state index >= 15 is 0 Å². The van der Waals surface area contributed by atoms with Crippen molar-refractivity contribution in [1.82, 2.24) is 15.5 Å². The molecule has 3 N–H and O–H groups in total. The number of aryl methyl sites for hydroxylation is 1. The number of benzene rings is 1. The molecule has 1 aromatic carbocycles. The second-order valence-corrected chi connectivity index (χ2v) is 6.18. The van der Waals surface area contributed by atoms with Crippen molar-refractivity contribution in [2.75, 3.05) is 37.7 Å². The van der Waals surface area contributed by atoms with E-state index in [1.165, 1.54) is 5.56 Å². The van der Waals surface area contributed by atoms with Crippen molar-refractivity contribution in [1.29, 1.82) is 0 Å². The maximum Gasteiger partial charge on any atom is 0.253 e. The van der Waals surface area contributed by atoms with Gasteiger partial charge in [0, 0.05) is 37.5 Å². The first-order valence-corrected chi connectivity index (χ1v) is 9.56. The fourth-order valence-electron chi connectivity index (χ4n) is 2.20. The molecule has 0 fully saturated rings. The van der Waals surface area contributed by atoms with Crippen LogP contribution in [0.2, 0.25) is 0 Å². The molecule has 0 aromatic heterocycles. The number of aliphatic hydroxyl groups excluding tert-OH is 1. The highest BCUT2D eigenvalue weighted by atomic mass is 32.1. The van der Waals surface area contributed by atoms with Crippen molar-refractivity contribution in [3.8, 4) is 0 Å². The van der Waals surface area contributed by atoms with E-state index in [0.717, 1.165) is 6.42 Å². The molecule has 0 radical (unpaired) electrons. The van der Waals surface area contributed by atoms with Crippen LogP contribution in [0.1, 0.15) is 22.8 Å². The van der Waals surface area contributed by atoms with E-state index in [9.17, 15) is 14.7 Å². The van der Waals surface area contributed by atoms with Crippen LogP contribution in [0.3, 0.4) is 0 Å². The minimum Gasteiger partial charge on any atom is -0.378 e. The van der Waals surface area contributed by atoms with Crippen molar-refractivity contribution in [3.63, 3.8) is 0 Å². The maximum absolute atomic E-state index is 12.7. The average molecular weight is 386 g/mol. The predicted octanol–water partition coefficient (Wildman–Crippen LogP) is 0.575. The number of carbonyl (C=O) groups excluding carboxylic acids is 2. The van der Waals surface area contributed by atoms with Gasteiger partial charge in [-0.3, -0.25) is 14.9 Å². The summed E-state index contributed by atoms with van der Waals surface area (Å²) < 4.78 is 0. The van der Waals surface area contributed by atoms with Gasteiger partial charge in [-0.05, 0) is 24.1 Å². The van der Waals surface area contributed by atoms with E-state index < -0.39 is 6.23 Å². The Balaban J connectivity index is 2.69. The van der Waals surface area contributed by atoms with Gasteiger partial charge in [0.05, 0.1) is 5.75 Å². The number of nitrogens with zero attached hydrogens (tertiary/aromatic N) is 1. The highest BCUT2D eigenvalue weighted by Crippen LogP contribution is 2.08. The zero-order chi connectivity index (χ0) is 18.7. The minimum absolute atomic E-state index is 0.107. The van der Waals surface area contributed by atoms with E-state index in [1.54, 1.807) is 4.90 Å². The van der Waals surface area contributed by atoms with Gasteiger partial charge in [0.1, 0.15) is 6.23 Å². The highest BCUT2D eigenvalue weighted by molar-refractivity contribution is 7.81. The van der Waals surface area contributed by atoms with Crippen LogP contribution in [-0.4, -0.2) is 65.7 Å². The molecule has 0 spiro atoms. The van der Waals surface area contributed by atoms with Crippen molar-refractivity contribution < 1.29 is 14.7 Å². The Kier molecular flexibility index (Phi) is 10.6. The molecule has 140 valence electrons. The van der Waals surface area contributed by atoms with E-state index in [2.05, 4.69) is 42.8 Å². The molecule has 0 saturated heterocycles. The molecule has 0 saturated carbocycles. The van der Waals surface area contributed by atoms with E-state index in [0.29, 0.717) is 37.5 Å². The third kappa shape index (κ3) is 8.13. The van der Waals surface area contributed by atoms with Crippen molar-refractivity contribution in [2.24, 2.45) is 0 Å². The Hall–Kier alpha value is -1.22. The number of aliphatic hydroxyl groups is 1. The summed E-state index contributed by atoms with van der Waals surface area (Å²) in [5, 5.41) is 15.1. The third-order valence-electron chi connectivity index (χ3n) is 3.68.